The van der Waals surface area contributed by atoms with Gasteiger partial charge in [-0.1, -0.05) is 24.1 Å². The van der Waals surface area contributed by atoms with E-state index in [9.17, 15) is 23.1 Å². The summed E-state index contributed by atoms with van der Waals surface area (Å²) >= 11 is 0. The number of phenolic OH excluding ortho intramolecular Hbond substituents is 1. The second-order valence-electron chi connectivity index (χ2n) is 7.40. The number of carbonyl (C=O) groups is 1. The van der Waals surface area contributed by atoms with Crippen LogP contribution < -0.4 is 4.90 Å². The van der Waals surface area contributed by atoms with E-state index in [-0.39, 0.29) is 24.4 Å². The third-order valence-corrected chi connectivity index (χ3v) is 5.19. The molecule has 0 radical (unpaired) electrons. The normalized spacial score (nSPS) is 13.9. The van der Waals surface area contributed by atoms with Crippen LogP contribution in [0, 0.1) is 11.8 Å². The fourth-order valence-corrected chi connectivity index (χ4v) is 3.51. The Kier molecular flexibility index (Phi) is 6.18. The SMILES string of the molecule is O=C(c1ccccc1C(F)(F)F)N1CCN(c2ccc(C#Cc3cccc(O)c3)nn2)CC1. The minimum absolute atomic E-state index is 0.128. The van der Waals surface area contributed by atoms with Crippen LogP contribution in [-0.4, -0.2) is 52.3 Å². The molecule has 0 spiro atoms. The predicted octanol–water partition coefficient (Wildman–Crippen LogP) is 3.56. The summed E-state index contributed by atoms with van der Waals surface area (Å²) in [6, 6.07) is 14.9. The highest BCUT2D eigenvalue weighted by atomic mass is 19.4. The van der Waals surface area contributed by atoms with Crippen LogP contribution in [0.4, 0.5) is 19.0 Å². The summed E-state index contributed by atoms with van der Waals surface area (Å²) in [5.74, 6) is 5.87. The largest absolute Gasteiger partial charge is 0.508 e. The van der Waals surface area contributed by atoms with Crippen LogP contribution >= 0.6 is 0 Å². The van der Waals surface area contributed by atoms with Crippen LogP contribution in [0.1, 0.15) is 27.2 Å². The molecule has 1 fully saturated rings. The minimum Gasteiger partial charge on any atom is -0.508 e. The lowest BCUT2D eigenvalue weighted by atomic mass is 10.1. The molecular formula is C24H19F3N4O2. The first-order valence-electron chi connectivity index (χ1n) is 10.2. The first-order valence-corrected chi connectivity index (χ1v) is 10.2. The molecule has 1 aliphatic heterocycles. The summed E-state index contributed by atoms with van der Waals surface area (Å²) in [4.78, 5) is 16.0. The first-order chi connectivity index (χ1) is 15.8. The number of phenols is 1. The lowest BCUT2D eigenvalue weighted by Crippen LogP contribution is -2.49. The number of carbonyl (C=O) groups excluding carboxylic acids is 1. The molecule has 33 heavy (non-hydrogen) atoms. The van der Waals surface area contributed by atoms with Gasteiger partial charge >= 0.3 is 6.18 Å². The van der Waals surface area contributed by atoms with Crippen molar-refractivity contribution in [3.63, 3.8) is 0 Å². The average molecular weight is 452 g/mol. The van der Waals surface area contributed by atoms with E-state index < -0.39 is 17.6 Å². The van der Waals surface area contributed by atoms with Crippen molar-refractivity contribution in [3.05, 3.63) is 83.0 Å². The van der Waals surface area contributed by atoms with Gasteiger partial charge in [-0.05, 0) is 48.4 Å². The number of halogens is 3. The highest BCUT2D eigenvalue weighted by Crippen LogP contribution is 2.32. The van der Waals surface area contributed by atoms with Crippen LogP contribution in [0.5, 0.6) is 5.75 Å². The van der Waals surface area contributed by atoms with E-state index in [2.05, 4.69) is 22.0 Å². The third kappa shape index (κ3) is 5.23. The van der Waals surface area contributed by atoms with Gasteiger partial charge in [0, 0.05) is 31.7 Å². The van der Waals surface area contributed by atoms with E-state index in [1.165, 1.54) is 23.1 Å². The van der Waals surface area contributed by atoms with Crippen molar-refractivity contribution in [2.45, 2.75) is 6.18 Å². The number of aromatic nitrogens is 2. The topological polar surface area (TPSA) is 69.6 Å². The fourth-order valence-electron chi connectivity index (χ4n) is 3.51. The van der Waals surface area contributed by atoms with Crippen molar-refractivity contribution in [2.24, 2.45) is 0 Å². The van der Waals surface area contributed by atoms with Crippen LogP contribution in [0.15, 0.2) is 60.7 Å². The zero-order valence-corrected chi connectivity index (χ0v) is 17.4. The van der Waals surface area contributed by atoms with E-state index in [1.807, 2.05) is 4.90 Å². The summed E-state index contributed by atoms with van der Waals surface area (Å²) in [7, 11) is 0. The number of piperazine rings is 1. The van der Waals surface area contributed by atoms with Gasteiger partial charge < -0.3 is 14.9 Å². The van der Waals surface area contributed by atoms with E-state index in [4.69, 9.17) is 0 Å². The molecule has 9 heteroatoms. The van der Waals surface area contributed by atoms with Gasteiger partial charge in [0.25, 0.3) is 5.91 Å². The van der Waals surface area contributed by atoms with Crippen molar-refractivity contribution in [3.8, 4) is 17.6 Å². The number of alkyl halides is 3. The summed E-state index contributed by atoms with van der Waals surface area (Å²) < 4.78 is 39.7. The summed E-state index contributed by atoms with van der Waals surface area (Å²) in [6.07, 6.45) is -4.59. The van der Waals surface area contributed by atoms with Crippen LogP contribution in [-0.2, 0) is 6.18 Å². The highest BCUT2D eigenvalue weighted by molar-refractivity contribution is 5.96. The van der Waals surface area contributed by atoms with Crippen molar-refractivity contribution < 1.29 is 23.1 Å². The molecule has 3 aromatic rings. The van der Waals surface area contributed by atoms with Gasteiger partial charge in [-0.25, -0.2) is 0 Å². The molecule has 168 valence electrons. The summed E-state index contributed by atoms with van der Waals surface area (Å²) in [6.45, 7) is 1.38. The van der Waals surface area contributed by atoms with Gasteiger partial charge in [0.15, 0.2) is 5.82 Å². The van der Waals surface area contributed by atoms with Crippen molar-refractivity contribution in [1.29, 1.82) is 0 Å². The van der Waals surface area contributed by atoms with Crippen molar-refractivity contribution in [1.82, 2.24) is 15.1 Å². The Morgan fingerprint density at radius 2 is 1.67 bits per heavy atom. The Hall–Kier alpha value is -4.06. The van der Waals surface area contributed by atoms with E-state index in [1.54, 1.807) is 36.4 Å². The molecule has 1 aromatic heterocycles. The van der Waals surface area contributed by atoms with Crippen LogP contribution in [0.2, 0.25) is 0 Å². The number of anilines is 1. The number of rotatable bonds is 2. The minimum atomic E-state index is -4.59. The first kappa shape index (κ1) is 22.1. The molecule has 0 atom stereocenters. The van der Waals surface area contributed by atoms with E-state index >= 15 is 0 Å². The van der Waals surface area contributed by atoms with Gasteiger partial charge in [0.05, 0.1) is 11.1 Å². The molecule has 4 rings (SSSR count). The molecule has 1 N–H and O–H groups in total. The van der Waals surface area contributed by atoms with Gasteiger partial charge in [-0.15, -0.1) is 10.2 Å². The smallest absolute Gasteiger partial charge is 0.417 e. The number of amides is 1. The number of hydrogen-bond donors (Lipinski definition) is 1. The Labute approximate surface area is 188 Å². The van der Waals surface area contributed by atoms with Gasteiger partial charge in [0.2, 0.25) is 0 Å². The molecule has 2 aromatic carbocycles. The molecule has 1 amide bonds. The Morgan fingerprint density at radius 3 is 2.33 bits per heavy atom. The Balaban J connectivity index is 1.39. The Morgan fingerprint density at radius 1 is 0.909 bits per heavy atom. The number of aromatic hydroxyl groups is 1. The average Bonchev–Trinajstić information content (AvgIpc) is 2.82. The monoisotopic (exact) mass is 452 g/mol. The maximum absolute atomic E-state index is 13.2. The lowest BCUT2D eigenvalue weighted by molar-refractivity contribution is -0.138. The zero-order chi connectivity index (χ0) is 23.4. The molecular weight excluding hydrogens is 433 g/mol. The molecule has 2 heterocycles. The van der Waals surface area contributed by atoms with E-state index in [0.717, 1.165) is 6.07 Å². The van der Waals surface area contributed by atoms with Gasteiger partial charge in [-0.2, -0.15) is 13.2 Å². The summed E-state index contributed by atoms with van der Waals surface area (Å²) in [5.41, 5.74) is -0.160. The van der Waals surface area contributed by atoms with Gasteiger partial charge in [-0.3, -0.25) is 4.79 Å². The Bertz CT molecular complexity index is 1210. The maximum atomic E-state index is 13.2. The highest BCUT2D eigenvalue weighted by Gasteiger charge is 2.36. The summed E-state index contributed by atoms with van der Waals surface area (Å²) in [5, 5.41) is 17.8. The van der Waals surface area contributed by atoms with Crippen LogP contribution in [0.25, 0.3) is 0 Å². The molecule has 0 saturated carbocycles. The van der Waals surface area contributed by atoms with Crippen molar-refractivity contribution >= 4 is 11.7 Å². The van der Waals surface area contributed by atoms with Crippen LogP contribution in [0.3, 0.4) is 0 Å². The van der Waals surface area contributed by atoms with Crippen molar-refractivity contribution in [2.75, 3.05) is 31.1 Å². The zero-order valence-electron chi connectivity index (χ0n) is 17.4. The number of nitrogens with zero attached hydrogens (tertiary/aromatic N) is 4. The molecule has 1 aliphatic rings. The predicted molar refractivity (Wildman–Crippen MR) is 116 cm³/mol. The second-order valence-corrected chi connectivity index (χ2v) is 7.40. The second kappa shape index (κ2) is 9.20. The number of benzene rings is 2. The third-order valence-electron chi connectivity index (χ3n) is 5.19. The lowest BCUT2D eigenvalue weighted by Gasteiger charge is -2.35. The quantitative estimate of drug-likeness (QED) is 0.603. The standard InChI is InChI=1S/C24H19F3N4O2/c25-24(26,27)21-7-2-1-6-20(21)23(33)31-14-12-30(13-15-31)22-11-10-18(28-29-22)9-8-17-4-3-5-19(32)16-17/h1-7,10-11,16,32H,12-15H2. The van der Waals surface area contributed by atoms with Gasteiger partial charge in [0.1, 0.15) is 11.4 Å². The van der Waals surface area contributed by atoms with E-state index in [0.29, 0.717) is 30.2 Å². The molecule has 0 unspecified atom stereocenters. The fraction of sp³-hybridized carbons (Fsp3) is 0.208. The molecule has 1 saturated heterocycles. The molecule has 0 aliphatic carbocycles. The molecule has 6 nitrogen and oxygen atoms in total. The molecule has 0 bridgehead atoms. The maximum Gasteiger partial charge on any atom is 0.417 e. The number of hydrogen-bond acceptors (Lipinski definition) is 5.